The molecule has 0 atom stereocenters. The molecule has 1 fully saturated rings. The highest BCUT2D eigenvalue weighted by Gasteiger charge is 2.29. The van der Waals surface area contributed by atoms with Gasteiger partial charge in [0.1, 0.15) is 11.5 Å². The summed E-state index contributed by atoms with van der Waals surface area (Å²) in [4.78, 5) is 0.261. The molecular weight excluding hydrogens is 250 g/mol. The molecule has 1 heterocycles. The summed E-state index contributed by atoms with van der Waals surface area (Å²) in [6.45, 7) is 0. The van der Waals surface area contributed by atoms with Gasteiger partial charge >= 0.3 is 0 Å². The monoisotopic (exact) mass is 262 g/mol. The van der Waals surface area contributed by atoms with Gasteiger partial charge in [-0.2, -0.15) is 0 Å². The highest BCUT2D eigenvalue weighted by Crippen LogP contribution is 2.41. The summed E-state index contributed by atoms with van der Waals surface area (Å²) in [6, 6.07) is 9.84. The Morgan fingerprint density at radius 2 is 2.06 bits per heavy atom. The molecule has 1 saturated carbocycles. The van der Waals surface area contributed by atoms with Crippen LogP contribution in [0, 0.1) is 6.07 Å². The molecule has 3 rings (SSSR count). The van der Waals surface area contributed by atoms with Gasteiger partial charge in [0, 0.05) is 17.7 Å². The SMILES string of the molecule is CS(=O)(=O)c1ccccc1-c1[c]c(C2CC2)on1. The van der Waals surface area contributed by atoms with E-state index < -0.39 is 9.84 Å². The van der Waals surface area contributed by atoms with Crippen molar-refractivity contribution in [2.75, 3.05) is 6.26 Å². The van der Waals surface area contributed by atoms with Crippen molar-refractivity contribution in [3.8, 4) is 11.3 Å². The van der Waals surface area contributed by atoms with Crippen LogP contribution in [0.4, 0.5) is 0 Å². The molecule has 0 saturated heterocycles. The van der Waals surface area contributed by atoms with Crippen LogP contribution < -0.4 is 0 Å². The summed E-state index contributed by atoms with van der Waals surface area (Å²) in [5.41, 5.74) is 1.02. The molecule has 0 aliphatic heterocycles. The summed E-state index contributed by atoms with van der Waals surface area (Å²) in [5.74, 6) is 1.14. The van der Waals surface area contributed by atoms with Crippen molar-refractivity contribution in [3.63, 3.8) is 0 Å². The van der Waals surface area contributed by atoms with E-state index in [2.05, 4.69) is 11.2 Å². The lowest BCUT2D eigenvalue weighted by Crippen LogP contribution is -1.99. The van der Waals surface area contributed by atoms with Crippen LogP contribution in [0.1, 0.15) is 24.5 Å². The lowest BCUT2D eigenvalue weighted by atomic mass is 10.1. The van der Waals surface area contributed by atoms with Gasteiger partial charge in [-0.3, -0.25) is 0 Å². The van der Waals surface area contributed by atoms with E-state index in [0.29, 0.717) is 17.2 Å². The fraction of sp³-hybridized carbons (Fsp3) is 0.308. The molecule has 4 nitrogen and oxygen atoms in total. The minimum Gasteiger partial charge on any atom is -0.360 e. The number of sulfone groups is 1. The van der Waals surface area contributed by atoms with Crippen molar-refractivity contribution in [1.82, 2.24) is 5.16 Å². The van der Waals surface area contributed by atoms with Crippen molar-refractivity contribution in [3.05, 3.63) is 36.1 Å². The Labute approximate surface area is 106 Å². The lowest BCUT2D eigenvalue weighted by molar-refractivity contribution is 0.386. The number of hydrogen-bond acceptors (Lipinski definition) is 4. The standard InChI is InChI=1S/C13H12NO3S/c1-18(15,16)13-5-3-2-4-10(13)11-8-12(17-14-11)9-6-7-9/h2-5,9H,6-7H2,1H3. The number of nitrogens with zero attached hydrogens (tertiary/aromatic N) is 1. The van der Waals surface area contributed by atoms with E-state index >= 15 is 0 Å². The van der Waals surface area contributed by atoms with Gasteiger partial charge in [0.15, 0.2) is 9.84 Å². The minimum absolute atomic E-state index is 0.261. The van der Waals surface area contributed by atoms with Gasteiger partial charge in [0.2, 0.25) is 0 Å². The lowest BCUT2D eigenvalue weighted by Gasteiger charge is -2.03. The third-order valence-corrected chi connectivity index (χ3v) is 4.12. The molecule has 2 aromatic rings. The molecule has 1 aliphatic carbocycles. The molecule has 1 aromatic carbocycles. The molecule has 18 heavy (non-hydrogen) atoms. The predicted octanol–water partition coefficient (Wildman–Crippen LogP) is 2.42. The Morgan fingerprint density at radius 1 is 1.33 bits per heavy atom. The Balaban J connectivity index is 2.10. The fourth-order valence-electron chi connectivity index (χ4n) is 1.88. The normalized spacial score (nSPS) is 15.8. The van der Waals surface area contributed by atoms with Crippen molar-refractivity contribution in [2.45, 2.75) is 23.7 Å². The zero-order valence-electron chi connectivity index (χ0n) is 9.88. The Bertz CT molecular complexity index is 684. The average molecular weight is 262 g/mol. The van der Waals surface area contributed by atoms with Crippen LogP contribution in [-0.2, 0) is 9.84 Å². The van der Waals surface area contributed by atoms with Crippen LogP contribution in [0.25, 0.3) is 11.3 Å². The zero-order valence-corrected chi connectivity index (χ0v) is 10.7. The van der Waals surface area contributed by atoms with E-state index in [9.17, 15) is 8.42 Å². The second-order valence-electron chi connectivity index (χ2n) is 4.56. The van der Waals surface area contributed by atoms with Gasteiger partial charge in [0.25, 0.3) is 0 Å². The summed E-state index contributed by atoms with van der Waals surface area (Å²) < 4.78 is 28.6. The zero-order chi connectivity index (χ0) is 12.8. The fourth-order valence-corrected chi connectivity index (χ4v) is 2.77. The molecule has 1 radical (unpaired) electrons. The van der Waals surface area contributed by atoms with E-state index in [4.69, 9.17) is 4.52 Å². The molecule has 0 spiro atoms. The van der Waals surface area contributed by atoms with Crippen molar-refractivity contribution < 1.29 is 12.9 Å². The number of rotatable bonds is 3. The van der Waals surface area contributed by atoms with Gasteiger partial charge in [-0.25, -0.2) is 8.42 Å². The molecule has 0 N–H and O–H groups in total. The first-order chi connectivity index (χ1) is 8.55. The van der Waals surface area contributed by atoms with Crippen molar-refractivity contribution in [2.24, 2.45) is 0 Å². The molecule has 0 amide bonds. The third kappa shape index (κ3) is 2.06. The largest absolute Gasteiger partial charge is 0.360 e. The number of hydrogen-bond donors (Lipinski definition) is 0. The molecule has 5 heteroatoms. The second kappa shape index (κ2) is 3.95. The van der Waals surface area contributed by atoms with E-state index in [1.54, 1.807) is 24.3 Å². The summed E-state index contributed by atoms with van der Waals surface area (Å²) >= 11 is 0. The van der Waals surface area contributed by atoms with Crippen LogP contribution in [0.3, 0.4) is 0 Å². The van der Waals surface area contributed by atoms with Crippen molar-refractivity contribution >= 4 is 9.84 Å². The van der Waals surface area contributed by atoms with Gasteiger partial charge in [-0.05, 0) is 18.9 Å². The molecule has 93 valence electrons. The van der Waals surface area contributed by atoms with Crippen LogP contribution in [0.5, 0.6) is 0 Å². The molecule has 1 aliphatic rings. The van der Waals surface area contributed by atoms with Crippen LogP contribution in [0.15, 0.2) is 33.7 Å². The van der Waals surface area contributed by atoms with E-state index in [1.807, 2.05) is 0 Å². The summed E-state index contributed by atoms with van der Waals surface area (Å²) in [5, 5.41) is 3.93. The van der Waals surface area contributed by atoms with Gasteiger partial charge in [-0.15, -0.1) is 0 Å². The van der Waals surface area contributed by atoms with E-state index in [1.165, 1.54) is 6.26 Å². The van der Waals surface area contributed by atoms with Crippen LogP contribution in [-0.4, -0.2) is 19.8 Å². The first-order valence-corrected chi connectivity index (χ1v) is 7.63. The van der Waals surface area contributed by atoms with Gasteiger partial charge in [-0.1, -0.05) is 23.4 Å². The van der Waals surface area contributed by atoms with Gasteiger partial charge in [0.05, 0.1) is 11.0 Å². The molecule has 0 unspecified atom stereocenters. The summed E-state index contributed by atoms with van der Waals surface area (Å²) in [6.07, 6.45) is 3.38. The minimum atomic E-state index is -3.28. The Hall–Kier alpha value is -1.62. The Morgan fingerprint density at radius 3 is 2.72 bits per heavy atom. The third-order valence-electron chi connectivity index (χ3n) is 2.97. The first-order valence-electron chi connectivity index (χ1n) is 5.74. The maximum atomic E-state index is 11.7. The maximum Gasteiger partial charge on any atom is 0.176 e. The molecule has 1 aromatic heterocycles. The molecule has 0 bridgehead atoms. The molecular formula is C13H12NO3S. The van der Waals surface area contributed by atoms with Gasteiger partial charge < -0.3 is 4.52 Å². The highest BCUT2D eigenvalue weighted by atomic mass is 32.2. The second-order valence-corrected chi connectivity index (χ2v) is 6.55. The quantitative estimate of drug-likeness (QED) is 0.852. The van der Waals surface area contributed by atoms with Crippen LogP contribution in [0.2, 0.25) is 0 Å². The highest BCUT2D eigenvalue weighted by molar-refractivity contribution is 7.90. The summed E-state index contributed by atoms with van der Waals surface area (Å²) in [7, 11) is -3.28. The Kier molecular flexibility index (Phi) is 2.52. The topological polar surface area (TPSA) is 60.2 Å². The average Bonchev–Trinajstić information content (AvgIpc) is 3.06. The van der Waals surface area contributed by atoms with Crippen molar-refractivity contribution in [1.29, 1.82) is 0 Å². The predicted molar refractivity (Wildman–Crippen MR) is 65.9 cm³/mol. The first kappa shape index (κ1) is 11.5. The smallest absolute Gasteiger partial charge is 0.176 e. The maximum absolute atomic E-state index is 11.7. The number of aromatic nitrogens is 1. The van der Waals surface area contributed by atoms with E-state index in [-0.39, 0.29) is 4.90 Å². The van der Waals surface area contributed by atoms with E-state index in [0.717, 1.165) is 18.6 Å². The number of benzene rings is 1. The van der Waals surface area contributed by atoms with Crippen LogP contribution >= 0.6 is 0 Å².